The summed E-state index contributed by atoms with van der Waals surface area (Å²) in [6.07, 6.45) is 1.74. The number of hydrogen-bond acceptors (Lipinski definition) is 3. The zero-order valence-electron chi connectivity index (χ0n) is 9.77. The Kier molecular flexibility index (Phi) is 4.61. The second-order valence-corrected chi connectivity index (χ2v) is 4.77. The second kappa shape index (κ2) is 6.42. The Labute approximate surface area is 114 Å². The number of benzene rings is 1. The van der Waals surface area contributed by atoms with Gasteiger partial charge in [-0.3, -0.25) is 9.78 Å². The lowest BCUT2D eigenvalue weighted by atomic mass is 10.1. The molecule has 1 aromatic carbocycles. The van der Waals surface area contributed by atoms with Crippen LogP contribution in [0.15, 0.2) is 53.1 Å². The topological polar surface area (TPSA) is 42.0 Å². The van der Waals surface area contributed by atoms with E-state index in [1.807, 2.05) is 42.5 Å². The normalized spacial score (nSPS) is 10.3. The fourth-order valence-corrected chi connectivity index (χ4v) is 1.81. The molecule has 3 nitrogen and oxygen atoms in total. The minimum Gasteiger partial charge on any atom is -0.304 e. The maximum atomic E-state index is 11.8. The van der Waals surface area contributed by atoms with Gasteiger partial charge in [0, 0.05) is 22.8 Å². The molecular formula is C14H13BrN2O. The molecule has 0 fully saturated rings. The van der Waals surface area contributed by atoms with Crippen molar-refractivity contribution in [2.24, 2.45) is 0 Å². The molecule has 4 heteroatoms. The van der Waals surface area contributed by atoms with Gasteiger partial charge < -0.3 is 5.32 Å². The molecule has 1 N–H and O–H groups in total. The number of Topliss-reactive ketones (excluding diaryl/α,β-unsaturated/α-hetero) is 1. The molecular weight excluding hydrogens is 292 g/mol. The Bertz CT molecular complexity index is 511. The van der Waals surface area contributed by atoms with Gasteiger partial charge in [0.05, 0.1) is 12.2 Å². The van der Waals surface area contributed by atoms with Crippen LogP contribution in [0.1, 0.15) is 16.1 Å². The van der Waals surface area contributed by atoms with Crippen molar-refractivity contribution >= 4 is 21.7 Å². The third-order valence-electron chi connectivity index (χ3n) is 2.48. The smallest absolute Gasteiger partial charge is 0.176 e. The molecule has 0 unspecified atom stereocenters. The highest BCUT2D eigenvalue weighted by Gasteiger charge is 2.04. The SMILES string of the molecule is O=C(CNCc1ccccn1)c1ccc(Br)cc1. The number of aromatic nitrogens is 1. The number of rotatable bonds is 5. The van der Waals surface area contributed by atoms with Crippen molar-refractivity contribution in [3.05, 3.63) is 64.4 Å². The molecule has 0 aliphatic heterocycles. The number of ketones is 1. The highest BCUT2D eigenvalue weighted by atomic mass is 79.9. The first-order chi connectivity index (χ1) is 8.75. The van der Waals surface area contributed by atoms with E-state index in [1.165, 1.54) is 0 Å². The fourth-order valence-electron chi connectivity index (χ4n) is 1.54. The van der Waals surface area contributed by atoms with Gasteiger partial charge in [-0.25, -0.2) is 0 Å². The molecule has 18 heavy (non-hydrogen) atoms. The van der Waals surface area contributed by atoms with Crippen molar-refractivity contribution in [1.29, 1.82) is 0 Å². The number of nitrogens with one attached hydrogen (secondary N) is 1. The Balaban J connectivity index is 1.84. The summed E-state index contributed by atoms with van der Waals surface area (Å²) in [5.41, 5.74) is 1.65. The van der Waals surface area contributed by atoms with Crippen LogP contribution in [0.5, 0.6) is 0 Å². The highest BCUT2D eigenvalue weighted by molar-refractivity contribution is 9.10. The predicted octanol–water partition coefficient (Wildman–Crippen LogP) is 2.82. The van der Waals surface area contributed by atoms with Crippen LogP contribution < -0.4 is 5.32 Å². The molecule has 0 aliphatic rings. The third-order valence-corrected chi connectivity index (χ3v) is 3.01. The summed E-state index contributed by atoms with van der Waals surface area (Å²) in [5.74, 6) is 0.0819. The van der Waals surface area contributed by atoms with Gasteiger partial charge in [0.1, 0.15) is 0 Å². The van der Waals surface area contributed by atoms with Crippen molar-refractivity contribution in [2.75, 3.05) is 6.54 Å². The number of carbonyl (C=O) groups excluding carboxylic acids is 1. The molecule has 1 heterocycles. The first-order valence-corrected chi connectivity index (χ1v) is 6.44. The summed E-state index contributed by atoms with van der Waals surface area (Å²) in [6, 6.07) is 13.1. The van der Waals surface area contributed by atoms with E-state index < -0.39 is 0 Å². The number of halogens is 1. The van der Waals surface area contributed by atoms with Crippen molar-refractivity contribution in [3.63, 3.8) is 0 Å². The molecule has 0 radical (unpaired) electrons. The van der Waals surface area contributed by atoms with Crippen LogP contribution in [0.4, 0.5) is 0 Å². The van der Waals surface area contributed by atoms with Gasteiger partial charge in [-0.15, -0.1) is 0 Å². The van der Waals surface area contributed by atoms with Crippen LogP contribution in [0.2, 0.25) is 0 Å². The lowest BCUT2D eigenvalue weighted by Crippen LogP contribution is -2.22. The standard InChI is InChI=1S/C14H13BrN2O/c15-12-6-4-11(5-7-12)14(18)10-16-9-13-3-1-2-8-17-13/h1-8,16H,9-10H2. The summed E-state index contributed by atoms with van der Waals surface area (Å²) in [7, 11) is 0. The van der Waals surface area contributed by atoms with E-state index in [0.717, 1.165) is 10.2 Å². The summed E-state index contributed by atoms with van der Waals surface area (Å²) in [6.45, 7) is 0.918. The van der Waals surface area contributed by atoms with E-state index in [0.29, 0.717) is 18.7 Å². The largest absolute Gasteiger partial charge is 0.304 e. The average molecular weight is 305 g/mol. The van der Waals surface area contributed by atoms with E-state index in [1.54, 1.807) is 6.20 Å². The second-order valence-electron chi connectivity index (χ2n) is 3.85. The van der Waals surface area contributed by atoms with E-state index in [2.05, 4.69) is 26.2 Å². The van der Waals surface area contributed by atoms with Gasteiger partial charge >= 0.3 is 0 Å². The van der Waals surface area contributed by atoms with Gasteiger partial charge in [0.15, 0.2) is 5.78 Å². The molecule has 2 rings (SSSR count). The van der Waals surface area contributed by atoms with Crippen LogP contribution in [0.3, 0.4) is 0 Å². The Morgan fingerprint density at radius 3 is 2.61 bits per heavy atom. The minimum absolute atomic E-state index is 0.0819. The molecule has 1 aromatic heterocycles. The van der Waals surface area contributed by atoms with Crippen LogP contribution in [0, 0.1) is 0 Å². The molecule has 2 aromatic rings. The lowest BCUT2D eigenvalue weighted by Gasteiger charge is -2.04. The average Bonchev–Trinajstić information content (AvgIpc) is 2.40. The van der Waals surface area contributed by atoms with Gasteiger partial charge in [-0.1, -0.05) is 34.1 Å². The van der Waals surface area contributed by atoms with Crippen molar-refractivity contribution < 1.29 is 4.79 Å². The van der Waals surface area contributed by atoms with Gasteiger partial charge in [-0.2, -0.15) is 0 Å². The fraction of sp³-hybridized carbons (Fsp3) is 0.143. The van der Waals surface area contributed by atoms with E-state index in [-0.39, 0.29) is 5.78 Å². The molecule has 0 atom stereocenters. The summed E-state index contributed by atoms with van der Waals surface area (Å²) < 4.78 is 0.973. The first kappa shape index (κ1) is 12.9. The molecule has 0 spiro atoms. The van der Waals surface area contributed by atoms with Gasteiger partial charge in [-0.05, 0) is 24.3 Å². The molecule has 92 valence electrons. The van der Waals surface area contributed by atoms with Gasteiger partial charge in [0.2, 0.25) is 0 Å². The van der Waals surface area contributed by atoms with Crippen molar-refractivity contribution in [1.82, 2.24) is 10.3 Å². The maximum Gasteiger partial charge on any atom is 0.176 e. The van der Waals surface area contributed by atoms with Crippen molar-refractivity contribution in [3.8, 4) is 0 Å². The molecule has 0 saturated heterocycles. The van der Waals surface area contributed by atoms with Crippen LogP contribution in [0.25, 0.3) is 0 Å². The summed E-state index contributed by atoms with van der Waals surface area (Å²) in [4.78, 5) is 16.0. The minimum atomic E-state index is 0.0819. The monoisotopic (exact) mass is 304 g/mol. The number of hydrogen-bond donors (Lipinski definition) is 1. The zero-order chi connectivity index (χ0) is 12.8. The number of pyridine rings is 1. The summed E-state index contributed by atoms with van der Waals surface area (Å²) in [5, 5.41) is 3.09. The van der Waals surface area contributed by atoms with Crippen molar-refractivity contribution in [2.45, 2.75) is 6.54 Å². The van der Waals surface area contributed by atoms with Gasteiger partial charge in [0.25, 0.3) is 0 Å². The van der Waals surface area contributed by atoms with E-state index in [9.17, 15) is 4.79 Å². The highest BCUT2D eigenvalue weighted by Crippen LogP contribution is 2.10. The summed E-state index contributed by atoms with van der Waals surface area (Å²) >= 11 is 3.34. The van der Waals surface area contributed by atoms with E-state index >= 15 is 0 Å². The molecule has 0 bridgehead atoms. The molecule has 0 amide bonds. The Morgan fingerprint density at radius 2 is 1.94 bits per heavy atom. The maximum absolute atomic E-state index is 11.8. The molecule has 0 saturated carbocycles. The number of nitrogens with zero attached hydrogens (tertiary/aromatic N) is 1. The van der Waals surface area contributed by atoms with Crippen LogP contribution >= 0.6 is 15.9 Å². The lowest BCUT2D eigenvalue weighted by molar-refractivity contribution is 0.0990. The number of carbonyl (C=O) groups is 1. The van der Waals surface area contributed by atoms with Crippen LogP contribution in [-0.4, -0.2) is 17.3 Å². The third kappa shape index (κ3) is 3.75. The Morgan fingerprint density at radius 1 is 1.17 bits per heavy atom. The predicted molar refractivity (Wildman–Crippen MR) is 74.4 cm³/mol. The zero-order valence-corrected chi connectivity index (χ0v) is 11.4. The quantitative estimate of drug-likeness (QED) is 0.864. The van der Waals surface area contributed by atoms with E-state index in [4.69, 9.17) is 0 Å². The van der Waals surface area contributed by atoms with Crippen LogP contribution in [-0.2, 0) is 6.54 Å². The first-order valence-electron chi connectivity index (χ1n) is 5.65. The Hall–Kier alpha value is -1.52. The molecule has 0 aliphatic carbocycles.